The molecule has 0 radical (unpaired) electrons. The van der Waals surface area contributed by atoms with E-state index in [9.17, 15) is 4.79 Å². The maximum Gasteiger partial charge on any atom is 0.261 e. The van der Waals surface area contributed by atoms with Gasteiger partial charge < -0.3 is 11.1 Å². The molecule has 3 rings (SSSR count). The van der Waals surface area contributed by atoms with E-state index in [1.807, 2.05) is 42.5 Å². The third kappa shape index (κ3) is 2.09. The summed E-state index contributed by atoms with van der Waals surface area (Å²) in [6.07, 6.45) is 1.46. The van der Waals surface area contributed by atoms with E-state index in [-0.39, 0.29) is 5.91 Å². The molecule has 1 aromatic heterocycles. The molecule has 0 spiro atoms. The highest BCUT2D eigenvalue weighted by atomic mass is 16.1. The molecular weight excluding hydrogens is 252 g/mol. The number of nitrogens with zero attached hydrogens (tertiary/aromatic N) is 2. The Hall–Kier alpha value is -2.82. The number of hydrogen-bond donors (Lipinski definition) is 2. The Kier molecular flexibility index (Phi) is 2.87. The van der Waals surface area contributed by atoms with E-state index in [1.165, 1.54) is 10.9 Å². The van der Waals surface area contributed by atoms with E-state index in [1.54, 1.807) is 7.05 Å². The summed E-state index contributed by atoms with van der Waals surface area (Å²) in [5.41, 5.74) is 6.90. The summed E-state index contributed by atoms with van der Waals surface area (Å²) in [5, 5.41) is 9.00. The molecule has 0 bridgehead atoms. The van der Waals surface area contributed by atoms with Crippen LogP contribution in [0.1, 0.15) is 10.4 Å². The fraction of sp³-hybridized carbons (Fsp3) is 0.0667. The minimum atomic E-state index is -0.258. The zero-order valence-electron chi connectivity index (χ0n) is 11.0. The average molecular weight is 266 g/mol. The smallest absolute Gasteiger partial charge is 0.261 e. The van der Waals surface area contributed by atoms with Crippen molar-refractivity contribution in [3.8, 4) is 0 Å². The highest BCUT2D eigenvalue weighted by Gasteiger charge is 2.13. The molecule has 1 amide bonds. The first-order valence-electron chi connectivity index (χ1n) is 6.23. The number of nitrogens with one attached hydrogen (secondary N) is 1. The summed E-state index contributed by atoms with van der Waals surface area (Å²) in [7, 11) is 1.70. The molecule has 3 aromatic rings. The summed E-state index contributed by atoms with van der Waals surface area (Å²) in [6, 6.07) is 13.7. The van der Waals surface area contributed by atoms with Crippen LogP contribution in [0.25, 0.3) is 10.8 Å². The van der Waals surface area contributed by atoms with Crippen molar-refractivity contribution in [2.75, 3.05) is 11.1 Å². The molecule has 5 heteroatoms. The van der Waals surface area contributed by atoms with Crippen LogP contribution in [-0.2, 0) is 7.05 Å². The van der Waals surface area contributed by atoms with E-state index in [0.717, 1.165) is 16.5 Å². The van der Waals surface area contributed by atoms with Crippen molar-refractivity contribution in [3.63, 3.8) is 0 Å². The van der Waals surface area contributed by atoms with E-state index in [0.29, 0.717) is 11.4 Å². The lowest BCUT2D eigenvalue weighted by Gasteiger charge is -2.06. The van der Waals surface area contributed by atoms with Gasteiger partial charge in [-0.3, -0.25) is 9.48 Å². The largest absolute Gasteiger partial charge is 0.383 e. The molecule has 100 valence electrons. The molecule has 5 nitrogen and oxygen atoms in total. The van der Waals surface area contributed by atoms with Crippen molar-refractivity contribution < 1.29 is 4.79 Å². The number of aryl methyl sites for hydroxylation is 1. The summed E-state index contributed by atoms with van der Waals surface area (Å²) < 4.78 is 1.47. The zero-order chi connectivity index (χ0) is 14.1. The summed E-state index contributed by atoms with van der Waals surface area (Å²) >= 11 is 0. The third-order valence-electron chi connectivity index (χ3n) is 3.24. The van der Waals surface area contributed by atoms with Gasteiger partial charge in [-0.15, -0.1) is 0 Å². The van der Waals surface area contributed by atoms with Crippen LogP contribution in [0, 0.1) is 0 Å². The molecule has 0 unspecified atom stereocenters. The number of amides is 1. The van der Waals surface area contributed by atoms with Gasteiger partial charge in [-0.2, -0.15) is 5.10 Å². The fourth-order valence-electron chi connectivity index (χ4n) is 2.09. The Balaban J connectivity index is 1.89. The second-order valence-electron chi connectivity index (χ2n) is 4.58. The van der Waals surface area contributed by atoms with Crippen LogP contribution < -0.4 is 11.1 Å². The maximum absolute atomic E-state index is 12.1. The number of rotatable bonds is 2. The Bertz CT molecular complexity index is 791. The fourth-order valence-corrected chi connectivity index (χ4v) is 2.09. The first kappa shape index (κ1) is 12.2. The Morgan fingerprint density at radius 1 is 1.20 bits per heavy atom. The minimum absolute atomic E-state index is 0.258. The lowest BCUT2D eigenvalue weighted by atomic mass is 10.1. The van der Waals surface area contributed by atoms with Crippen LogP contribution in [0.4, 0.5) is 11.5 Å². The topological polar surface area (TPSA) is 72.9 Å². The van der Waals surface area contributed by atoms with Gasteiger partial charge in [0.2, 0.25) is 0 Å². The predicted molar refractivity (Wildman–Crippen MR) is 79.5 cm³/mol. The standard InChI is InChI=1S/C15H14N4O/c1-19-14(16)13(9-17-19)15(20)18-12-7-6-10-4-2-3-5-11(10)8-12/h2-9H,16H2,1H3,(H,18,20). The Morgan fingerprint density at radius 2 is 1.95 bits per heavy atom. The quantitative estimate of drug-likeness (QED) is 0.748. The van der Waals surface area contributed by atoms with Crippen molar-refractivity contribution in [2.45, 2.75) is 0 Å². The van der Waals surface area contributed by atoms with Crippen LogP contribution >= 0.6 is 0 Å². The van der Waals surface area contributed by atoms with E-state index < -0.39 is 0 Å². The van der Waals surface area contributed by atoms with Gasteiger partial charge in [0.15, 0.2) is 0 Å². The van der Waals surface area contributed by atoms with Crippen LogP contribution in [0.15, 0.2) is 48.7 Å². The minimum Gasteiger partial charge on any atom is -0.383 e. The molecule has 0 atom stereocenters. The normalized spacial score (nSPS) is 10.7. The number of carbonyl (C=O) groups excluding carboxylic acids is 1. The van der Waals surface area contributed by atoms with Crippen molar-refractivity contribution in [1.82, 2.24) is 9.78 Å². The van der Waals surface area contributed by atoms with Gasteiger partial charge in [0, 0.05) is 12.7 Å². The van der Waals surface area contributed by atoms with Crippen LogP contribution in [0.2, 0.25) is 0 Å². The highest BCUT2D eigenvalue weighted by Crippen LogP contribution is 2.20. The summed E-state index contributed by atoms with van der Waals surface area (Å²) in [6.45, 7) is 0. The molecule has 20 heavy (non-hydrogen) atoms. The Morgan fingerprint density at radius 3 is 2.65 bits per heavy atom. The molecule has 0 fully saturated rings. The number of anilines is 2. The number of carbonyl (C=O) groups is 1. The molecule has 0 saturated carbocycles. The van der Waals surface area contributed by atoms with Gasteiger partial charge in [-0.1, -0.05) is 30.3 Å². The van der Waals surface area contributed by atoms with Gasteiger partial charge in [0.25, 0.3) is 5.91 Å². The SMILES string of the molecule is Cn1ncc(C(=O)Nc2ccc3ccccc3c2)c1N. The highest BCUT2D eigenvalue weighted by molar-refractivity contribution is 6.07. The Labute approximate surface area is 116 Å². The summed E-state index contributed by atoms with van der Waals surface area (Å²) in [4.78, 5) is 12.1. The van der Waals surface area contributed by atoms with Crippen molar-refractivity contribution in [3.05, 3.63) is 54.2 Å². The number of nitrogens with two attached hydrogens (primary N) is 1. The summed E-state index contributed by atoms with van der Waals surface area (Å²) in [5.74, 6) is 0.0918. The molecule has 0 saturated heterocycles. The first-order chi connectivity index (χ1) is 9.65. The number of aromatic nitrogens is 2. The average Bonchev–Trinajstić information content (AvgIpc) is 2.79. The van der Waals surface area contributed by atoms with Gasteiger partial charge in [-0.25, -0.2) is 0 Å². The lowest BCUT2D eigenvalue weighted by molar-refractivity contribution is 0.102. The van der Waals surface area contributed by atoms with Gasteiger partial charge in [-0.05, 0) is 22.9 Å². The number of benzene rings is 2. The monoisotopic (exact) mass is 266 g/mol. The zero-order valence-corrected chi connectivity index (χ0v) is 11.0. The molecule has 3 N–H and O–H groups in total. The maximum atomic E-state index is 12.1. The number of nitrogen functional groups attached to an aromatic ring is 1. The van der Waals surface area contributed by atoms with Crippen LogP contribution in [-0.4, -0.2) is 15.7 Å². The van der Waals surface area contributed by atoms with Gasteiger partial charge in [0.1, 0.15) is 11.4 Å². The van der Waals surface area contributed by atoms with E-state index >= 15 is 0 Å². The van der Waals surface area contributed by atoms with Crippen LogP contribution in [0.5, 0.6) is 0 Å². The molecular formula is C15H14N4O. The molecule has 2 aromatic carbocycles. The van der Waals surface area contributed by atoms with Crippen molar-refractivity contribution in [1.29, 1.82) is 0 Å². The van der Waals surface area contributed by atoms with E-state index in [2.05, 4.69) is 10.4 Å². The number of fused-ring (bicyclic) bond motifs is 1. The van der Waals surface area contributed by atoms with Crippen LogP contribution in [0.3, 0.4) is 0 Å². The third-order valence-corrected chi connectivity index (χ3v) is 3.24. The molecule has 1 heterocycles. The van der Waals surface area contributed by atoms with Crippen molar-refractivity contribution in [2.24, 2.45) is 7.05 Å². The van der Waals surface area contributed by atoms with Gasteiger partial charge >= 0.3 is 0 Å². The predicted octanol–water partition coefficient (Wildman–Crippen LogP) is 2.41. The first-order valence-corrected chi connectivity index (χ1v) is 6.23. The number of hydrogen-bond acceptors (Lipinski definition) is 3. The second kappa shape index (κ2) is 4.70. The second-order valence-corrected chi connectivity index (χ2v) is 4.58. The molecule has 0 aliphatic carbocycles. The molecule has 0 aliphatic heterocycles. The van der Waals surface area contributed by atoms with Gasteiger partial charge in [0.05, 0.1) is 6.20 Å². The lowest BCUT2D eigenvalue weighted by Crippen LogP contribution is -2.13. The van der Waals surface area contributed by atoms with E-state index in [4.69, 9.17) is 5.73 Å². The molecule has 0 aliphatic rings. The van der Waals surface area contributed by atoms with Crippen molar-refractivity contribution >= 4 is 28.2 Å².